The van der Waals surface area contributed by atoms with Crippen LogP contribution < -0.4 is 21.3 Å². The van der Waals surface area contributed by atoms with Crippen LogP contribution >= 0.6 is 0 Å². The number of hydrogen-bond acceptors (Lipinski definition) is 8. The third kappa shape index (κ3) is 5.62. The molecule has 0 spiro atoms. The molecular weight excluding hydrogens is 484 g/mol. The highest BCUT2D eigenvalue weighted by Gasteiger charge is 2.31. The van der Waals surface area contributed by atoms with Crippen LogP contribution in [-0.4, -0.2) is 55.3 Å². The number of aromatic nitrogens is 4. The molecule has 1 fully saturated rings. The molecule has 2 atom stereocenters. The number of nitrogens with two attached hydrogens (primary N) is 1. The molecule has 3 aromatic rings. The zero-order chi connectivity index (χ0) is 27.4. The van der Waals surface area contributed by atoms with E-state index in [9.17, 15) is 14.7 Å². The highest BCUT2D eigenvalue weighted by atomic mass is 16.3. The SMILES string of the molecule is CCC(O)(CC)c1ccc(C(=O)N[C@@H]2CCCN(c3cnc(C(N)=O)c(Nc4cnn(C)c4)n3)[C@@H]2C)cc1. The van der Waals surface area contributed by atoms with Gasteiger partial charge in [-0.05, 0) is 50.3 Å². The zero-order valence-electron chi connectivity index (χ0n) is 22.3. The average Bonchev–Trinajstić information content (AvgIpc) is 3.33. The summed E-state index contributed by atoms with van der Waals surface area (Å²) in [6.07, 6.45) is 7.79. The van der Waals surface area contributed by atoms with E-state index in [1.54, 1.807) is 36.3 Å². The number of rotatable bonds is 9. The lowest BCUT2D eigenvalue weighted by molar-refractivity contribution is 0.0283. The molecule has 0 bridgehead atoms. The van der Waals surface area contributed by atoms with Gasteiger partial charge in [-0.1, -0.05) is 26.0 Å². The van der Waals surface area contributed by atoms with E-state index in [4.69, 9.17) is 5.73 Å². The summed E-state index contributed by atoms with van der Waals surface area (Å²) in [5.74, 6) is -0.0216. The largest absolute Gasteiger partial charge is 0.385 e. The molecule has 0 unspecified atom stereocenters. The van der Waals surface area contributed by atoms with Crippen LogP contribution in [-0.2, 0) is 12.6 Å². The van der Waals surface area contributed by atoms with E-state index in [-0.39, 0.29) is 29.5 Å². The molecule has 38 heavy (non-hydrogen) atoms. The van der Waals surface area contributed by atoms with Gasteiger partial charge in [0.05, 0.1) is 23.7 Å². The predicted octanol–water partition coefficient (Wildman–Crippen LogP) is 2.85. The number of piperidine rings is 1. The minimum Gasteiger partial charge on any atom is -0.385 e. The topological polar surface area (TPSA) is 151 Å². The molecule has 202 valence electrons. The van der Waals surface area contributed by atoms with Gasteiger partial charge in [0.15, 0.2) is 11.5 Å². The summed E-state index contributed by atoms with van der Waals surface area (Å²) in [7, 11) is 1.79. The van der Waals surface area contributed by atoms with Gasteiger partial charge in [-0.15, -0.1) is 0 Å². The molecule has 11 heteroatoms. The fourth-order valence-corrected chi connectivity index (χ4v) is 4.91. The van der Waals surface area contributed by atoms with E-state index < -0.39 is 11.5 Å². The molecule has 1 saturated heterocycles. The summed E-state index contributed by atoms with van der Waals surface area (Å²) >= 11 is 0. The van der Waals surface area contributed by atoms with E-state index in [0.29, 0.717) is 29.9 Å². The maximum Gasteiger partial charge on any atom is 0.271 e. The molecule has 5 N–H and O–H groups in total. The van der Waals surface area contributed by atoms with Crippen LogP contribution in [0.4, 0.5) is 17.3 Å². The van der Waals surface area contributed by atoms with Crippen LogP contribution in [0.25, 0.3) is 0 Å². The Labute approximate surface area is 222 Å². The molecule has 1 aliphatic rings. The smallest absolute Gasteiger partial charge is 0.271 e. The van der Waals surface area contributed by atoms with Gasteiger partial charge >= 0.3 is 0 Å². The number of benzene rings is 1. The molecule has 0 radical (unpaired) electrons. The molecule has 2 aromatic heterocycles. The molecule has 1 aromatic carbocycles. The summed E-state index contributed by atoms with van der Waals surface area (Å²) in [5, 5.41) is 21.1. The van der Waals surface area contributed by atoms with Crippen molar-refractivity contribution in [3.05, 3.63) is 59.7 Å². The molecule has 1 aliphatic heterocycles. The fraction of sp³-hybridized carbons (Fsp3) is 0.444. The maximum absolute atomic E-state index is 13.1. The van der Waals surface area contributed by atoms with Gasteiger partial charge in [-0.3, -0.25) is 14.3 Å². The first-order chi connectivity index (χ1) is 18.1. The predicted molar refractivity (Wildman–Crippen MR) is 145 cm³/mol. The lowest BCUT2D eigenvalue weighted by Crippen LogP contribution is -2.54. The number of aryl methyl sites for hydroxylation is 1. The summed E-state index contributed by atoms with van der Waals surface area (Å²) in [4.78, 5) is 36.1. The lowest BCUT2D eigenvalue weighted by atomic mass is 9.88. The van der Waals surface area contributed by atoms with Crippen molar-refractivity contribution < 1.29 is 14.7 Å². The Hall–Kier alpha value is -3.99. The fourth-order valence-electron chi connectivity index (χ4n) is 4.91. The van der Waals surface area contributed by atoms with Crippen molar-refractivity contribution in [2.24, 2.45) is 12.8 Å². The van der Waals surface area contributed by atoms with E-state index in [1.807, 2.05) is 32.9 Å². The minimum absolute atomic E-state index is 0.0357. The van der Waals surface area contributed by atoms with E-state index in [0.717, 1.165) is 24.9 Å². The number of anilines is 3. The van der Waals surface area contributed by atoms with Crippen LogP contribution in [0, 0.1) is 0 Å². The number of nitrogens with one attached hydrogen (secondary N) is 2. The Bertz CT molecular complexity index is 1290. The molecule has 3 heterocycles. The Morgan fingerprint density at radius 3 is 2.50 bits per heavy atom. The first-order valence-electron chi connectivity index (χ1n) is 13.0. The monoisotopic (exact) mass is 520 g/mol. The van der Waals surface area contributed by atoms with Crippen molar-refractivity contribution >= 4 is 29.1 Å². The maximum atomic E-state index is 13.1. The summed E-state index contributed by atoms with van der Waals surface area (Å²) in [5.41, 5.74) is 6.69. The van der Waals surface area contributed by atoms with Gasteiger partial charge in [-0.2, -0.15) is 5.10 Å². The highest BCUT2D eigenvalue weighted by Crippen LogP contribution is 2.29. The molecule has 11 nitrogen and oxygen atoms in total. The molecule has 0 saturated carbocycles. The van der Waals surface area contributed by atoms with Crippen LogP contribution in [0.2, 0.25) is 0 Å². The number of amides is 2. The van der Waals surface area contributed by atoms with Gasteiger partial charge in [0.25, 0.3) is 11.8 Å². The number of carbonyl (C=O) groups is 2. The van der Waals surface area contributed by atoms with Crippen molar-refractivity contribution in [1.82, 2.24) is 25.1 Å². The van der Waals surface area contributed by atoms with E-state index in [2.05, 4.69) is 30.6 Å². The van der Waals surface area contributed by atoms with Crippen molar-refractivity contribution in [1.29, 1.82) is 0 Å². The normalized spacial score (nSPS) is 17.8. The van der Waals surface area contributed by atoms with Crippen LogP contribution in [0.3, 0.4) is 0 Å². The molecule has 2 amide bonds. The zero-order valence-corrected chi connectivity index (χ0v) is 22.3. The number of nitrogens with zero attached hydrogens (tertiary/aromatic N) is 5. The first-order valence-corrected chi connectivity index (χ1v) is 13.0. The Morgan fingerprint density at radius 1 is 1.18 bits per heavy atom. The lowest BCUT2D eigenvalue weighted by Gasteiger charge is -2.40. The van der Waals surface area contributed by atoms with Crippen molar-refractivity contribution in [3.63, 3.8) is 0 Å². The van der Waals surface area contributed by atoms with Gasteiger partial charge < -0.3 is 26.4 Å². The average molecular weight is 521 g/mol. The van der Waals surface area contributed by atoms with Gasteiger partial charge in [0.2, 0.25) is 0 Å². The molecular formula is C27H36N8O3. The third-order valence-corrected chi connectivity index (χ3v) is 7.41. The Kier molecular flexibility index (Phi) is 7.96. The summed E-state index contributed by atoms with van der Waals surface area (Å²) < 4.78 is 1.63. The Balaban J connectivity index is 1.50. The van der Waals surface area contributed by atoms with Crippen molar-refractivity contribution in [3.8, 4) is 0 Å². The second-order valence-corrected chi connectivity index (χ2v) is 9.79. The van der Waals surface area contributed by atoms with Gasteiger partial charge in [0, 0.05) is 37.4 Å². The number of carbonyl (C=O) groups excluding carboxylic acids is 2. The van der Waals surface area contributed by atoms with Crippen LogP contribution in [0.5, 0.6) is 0 Å². The first kappa shape index (κ1) is 27.1. The quantitative estimate of drug-likeness (QED) is 0.336. The van der Waals surface area contributed by atoms with E-state index >= 15 is 0 Å². The van der Waals surface area contributed by atoms with Crippen LogP contribution in [0.1, 0.15) is 72.9 Å². The van der Waals surface area contributed by atoms with Gasteiger partial charge in [0.1, 0.15) is 5.82 Å². The standard InChI is InChI=1S/C27H36N8O3/c1-5-27(38,6-2)19-11-9-18(10-12-19)26(37)32-21-8-7-13-35(17(21)3)22-15-29-23(24(28)36)25(33-22)31-20-14-30-34(4)16-20/h9-12,14-17,21,38H,5-8,13H2,1-4H3,(H2,28,36)(H,31,33)(H,32,37)/t17-,21-/m1/s1. The third-order valence-electron chi connectivity index (χ3n) is 7.41. The van der Waals surface area contributed by atoms with Crippen molar-refractivity contribution in [2.45, 2.75) is 64.1 Å². The van der Waals surface area contributed by atoms with E-state index in [1.165, 1.54) is 6.20 Å². The summed E-state index contributed by atoms with van der Waals surface area (Å²) in [6.45, 7) is 6.66. The number of aliphatic hydroxyl groups is 1. The highest BCUT2D eigenvalue weighted by molar-refractivity contribution is 5.96. The Morgan fingerprint density at radius 2 is 1.89 bits per heavy atom. The second kappa shape index (κ2) is 11.2. The minimum atomic E-state index is -0.886. The van der Waals surface area contributed by atoms with Crippen molar-refractivity contribution in [2.75, 3.05) is 16.8 Å². The van der Waals surface area contributed by atoms with Gasteiger partial charge in [-0.25, -0.2) is 9.97 Å². The molecule has 0 aliphatic carbocycles. The molecule has 4 rings (SSSR count). The second-order valence-electron chi connectivity index (χ2n) is 9.79. The number of hydrogen-bond donors (Lipinski definition) is 4. The van der Waals surface area contributed by atoms with Crippen LogP contribution in [0.15, 0.2) is 42.9 Å². The summed E-state index contributed by atoms with van der Waals surface area (Å²) in [6, 6.07) is 6.98. The number of primary amides is 1.